The first-order chi connectivity index (χ1) is 11.7. The van der Waals surface area contributed by atoms with Gasteiger partial charge >= 0.3 is 0 Å². The van der Waals surface area contributed by atoms with Crippen LogP contribution in [0.5, 0.6) is 11.5 Å². The molecule has 4 nitrogen and oxygen atoms in total. The third-order valence-corrected chi connectivity index (χ3v) is 5.49. The van der Waals surface area contributed by atoms with Crippen molar-refractivity contribution in [1.82, 2.24) is 4.90 Å². The molecule has 4 heteroatoms. The van der Waals surface area contributed by atoms with Gasteiger partial charge in [0.25, 0.3) is 0 Å². The second-order valence-electron chi connectivity index (χ2n) is 6.68. The highest BCUT2D eigenvalue weighted by molar-refractivity contribution is 5.81. The van der Waals surface area contributed by atoms with Gasteiger partial charge < -0.3 is 14.6 Å². The van der Waals surface area contributed by atoms with Gasteiger partial charge in [-0.1, -0.05) is 18.2 Å². The zero-order chi connectivity index (χ0) is 16.8. The summed E-state index contributed by atoms with van der Waals surface area (Å²) in [5, 5.41) is 10.8. The van der Waals surface area contributed by atoms with Crippen LogP contribution in [0.2, 0.25) is 0 Å². The predicted molar refractivity (Wildman–Crippen MR) is 93.7 cm³/mol. The molecule has 0 bridgehead atoms. The van der Waals surface area contributed by atoms with E-state index in [1.807, 2.05) is 18.2 Å². The number of hydrogen-bond acceptors (Lipinski definition) is 4. The molecule has 0 saturated carbocycles. The Bertz CT molecular complexity index is 773. The van der Waals surface area contributed by atoms with Crippen LogP contribution in [0, 0.1) is 0 Å². The van der Waals surface area contributed by atoms with Crippen LogP contribution >= 0.6 is 0 Å². The summed E-state index contributed by atoms with van der Waals surface area (Å²) in [6.45, 7) is 0.893. The molecule has 0 aromatic heterocycles. The Morgan fingerprint density at radius 2 is 1.92 bits per heavy atom. The van der Waals surface area contributed by atoms with Crippen LogP contribution in [0.15, 0.2) is 36.4 Å². The molecule has 1 heterocycles. The van der Waals surface area contributed by atoms with E-state index in [1.54, 1.807) is 14.2 Å². The molecule has 0 amide bonds. The van der Waals surface area contributed by atoms with Crippen molar-refractivity contribution >= 4 is 0 Å². The number of nitrogens with zero attached hydrogens (tertiary/aromatic N) is 1. The normalized spacial score (nSPS) is 25.4. The van der Waals surface area contributed by atoms with Crippen molar-refractivity contribution in [2.24, 2.45) is 0 Å². The van der Waals surface area contributed by atoms with E-state index < -0.39 is 0 Å². The number of benzene rings is 2. The van der Waals surface area contributed by atoms with Crippen LogP contribution < -0.4 is 9.47 Å². The fourth-order valence-electron chi connectivity index (χ4n) is 4.37. The lowest BCUT2D eigenvalue weighted by molar-refractivity contribution is 0.0290. The monoisotopic (exact) mass is 325 g/mol. The van der Waals surface area contributed by atoms with Gasteiger partial charge in [-0.25, -0.2) is 0 Å². The standard InChI is InChI=1S/C20H23NO3/c1-21-10-9-16(22)19-13-8-7-12(23-2)11-15(13)18-14(20(19)21)5-4-6-17(18)24-3/h4-8,11,16,19-20,22H,9-10H2,1-3H3. The molecule has 1 saturated heterocycles. The molecule has 24 heavy (non-hydrogen) atoms. The van der Waals surface area contributed by atoms with E-state index in [2.05, 4.69) is 30.1 Å². The molecule has 0 radical (unpaired) electrons. The number of fused-ring (bicyclic) bond motifs is 6. The third kappa shape index (κ3) is 2.14. The summed E-state index contributed by atoms with van der Waals surface area (Å²) in [5.74, 6) is 1.76. The maximum atomic E-state index is 10.8. The summed E-state index contributed by atoms with van der Waals surface area (Å²) in [4.78, 5) is 2.35. The Morgan fingerprint density at radius 1 is 1.08 bits per heavy atom. The first kappa shape index (κ1) is 15.5. The fourth-order valence-corrected chi connectivity index (χ4v) is 4.37. The predicted octanol–water partition coefficient (Wildman–Crippen LogP) is 3.21. The quantitative estimate of drug-likeness (QED) is 0.921. The van der Waals surface area contributed by atoms with Crippen LogP contribution in [-0.2, 0) is 0 Å². The molecule has 1 fully saturated rings. The maximum Gasteiger partial charge on any atom is 0.127 e. The lowest BCUT2D eigenvalue weighted by atomic mass is 9.70. The molecule has 2 aromatic rings. The summed E-state index contributed by atoms with van der Waals surface area (Å²) >= 11 is 0. The average Bonchev–Trinajstić information content (AvgIpc) is 2.62. The van der Waals surface area contributed by atoms with Gasteiger partial charge in [-0.15, -0.1) is 0 Å². The van der Waals surface area contributed by atoms with E-state index in [0.717, 1.165) is 35.6 Å². The van der Waals surface area contributed by atoms with Gasteiger partial charge in [-0.2, -0.15) is 0 Å². The Balaban J connectivity index is 2.02. The number of rotatable bonds is 2. The number of aliphatic hydroxyl groups excluding tert-OH is 1. The number of ether oxygens (including phenoxy) is 2. The first-order valence-electron chi connectivity index (χ1n) is 8.39. The summed E-state index contributed by atoms with van der Waals surface area (Å²) in [6, 6.07) is 12.5. The Hall–Kier alpha value is -2.04. The van der Waals surface area contributed by atoms with Gasteiger partial charge in [0, 0.05) is 24.1 Å². The number of likely N-dealkylation sites (tertiary alicyclic amines) is 1. The van der Waals surface area contributed by atoms with Crippen molar-refractivity contribution in [1.29, 1.82) is 0 Å². The topological polar surface area (TPSA) is 41.9 Å². The van der Waals surface area contributed by atoms with Gasteiger partial charge in [-0.3, -0.25) is 4.90 Å². The molecular formula is C20H23NO3. The number of hydrogen-bond donors (Lipinski definition) is 1. The average molecular weight is 325 g/mol. The molecule has 3 atom stereocenters. The summed E-state index contributed by atoms with van der Waals surface area (Å²) in [7, 11) is 5.53. The van der Waals surface area contributed by atoms with E-state index in [0.29, 0.717) is 0 Å². The van der Waals surface area contributed by atoms with Crippen molar-refractivity contribution in [2.45, 2.75) is 24.5 Å². The third-order valence-electron chi connectivity index (χ3n) is 5.49. The summed E-state index contributed by atoms with van der Waals surface area (Å²) in [5.41, 5.74) is 4.63. The Morgan fingerprint density at radius 3 is 2.67 bits per heavy atom. The van der Waals surface area contributed by atoms with Gasteiger partial charge in [0.2, 0.25) is 0 Å². The van der Waals surface area contributed by atoms with Crippen molar-refractivity contribution in [2.75, 3.05) is 27.8 Å². The highest BCUT2D eigenvalue weighted by Crippen LogP contribution is 2.54. The fraction of sp³-hybridized carbons (Fsp3) is 0.400. The zero-order valence-electron chi connectivity index (χ0n) is 14.3. The summed E-state index contributed by atoms with van der Waals surface area (Å²) < 4.78 is 11.1. The molecule has 126 valence electrons. The van der Waals surface area contributed by atoms with Gasteiger partial charge in [-0.05, 0) is 48.4 Å². The lowest BCUT2D eigenvalue weighted by Crippen LogP contribution is -2.44. The molecule has 1 N–H and O–H groups in total. The first-order valence-corrected chi connectivity index (χ1v) is 8.39. The minimum atomic E-state index is -0.335. The largest absolute Gasteiger partial charge is 0.497 e. The smallest absolute Gasteiger partial charge is 0.127 e. The van der Waals surface area contributed by atoms with Crippen LogP contribution in [-0.4, -0.2) is 43.9 Å². The van der Waals surface area contributed by atoms with Crippen molar-refractivity contribution in [3.8, 4) is 22.6 Å². The van der Waals surface area contributed by atoms with Crippen LogP contribution in [0.4, 0.5) is 0 Å². The van der Waals surface area contributed by atoms with E-state index in [4.69, 9.17) is 9.47 Å². The van der Waals surface area contributed by atoms with E-state index in [-0.39, 0.29) is 18.1 Å². The maximum absolute atomic E-state index is 10.8. The minimum Gasteiger partial charge on any atom is -0.497 e. The van der Waals surface area contributed by atoms with Crippen LogP contribution in [0.1, 0.15) is 29.5 Å². The van der Waals surface area contributed by atoms with Crippen molar-refractivity contribution < 1.29 is 14.6 Å². The number of piperidine rings is 1. The van der Waals surface area contributed by atoms with Crippen molar-refractivity contribution in [3.05, 3.63) is 47.5 Å². The molecule has 0 spiro atoms. The molecular weight excluding hydrogens is 302 g/mol. The Kier molecular flexibility index (Phi) is 3.74. The molecule has 4 rings (SSSR count). The second kappa shape index (κ2) is 5.80. The Labute approximate surface area is 142 Å². The SMILES string of the molecule is COc1ccc2c(c1)-c1c(OC)cccc1C1C2C(O)CCN1C. The molecule has 1 aliphatic heterocycles. The minimum absolute atomic E-state index is 0.0734. The molecule has 1 aliphatic carbocycles. The molecule has 2 aliphatic rings. The summed E-state index contributed by atoms with van der Waals surface area (Å²) in [6.07, 6.45) is 0.459. The number of methoxy groups -OCH3 is 2. The van der Waals surface area contributed by atoms with Crippen LogP contribution in [0.25, 0.3) is 11.1 Å². The second-order valence-corrected chi connectivity index (χ2v) is 6.68. The zero-order valence-corrected chi connectivity index (χ0v) is 14.3. The molecule has 2 aromatic carbocycles. The number of likely N-dealkylation sites (N-methyl/N-ethyl adjacent to an activating group) is 1. The highest BCUT2D eigenvalue weighted by Gasteiger charge is 2.43. The molecule has 3 unspecified atom stereocenters. The van der Waals surface area contributed by atoms with E-state index in [9.17, 15) is 5.11 Å². The van der Waals surface area contributed by atoms with Gasteiger partial charge in [0.1, 0.15) is 11.5 Å². The van der Waals surface area contributed by atoms with Crippen LogP contribution in [0.3, 0.4) is 0 Å². The highest BCUT2D eigenvalue weighted by atomic mass is 16.5. The van der Waals surface area contributed by atoms with E-state index >= 15 is 0 Å². The van der Waals surface area contributed by atoms with Crippen molar-refractivity contribution in [3.63, 3.8) is 0 Å². The van der Waals surface area contributed by atoms with E-state index in [1.165, 1.54) is 11.1 Å². The van der Waals surface area contributed by atoms with Gasteiger partial charge in [0.05, 0.1) is 20.3 Å². The lowest BCUT2D eigenvalue weighted by Gasteiger charge is -2.46. The van der Waals surface area contributed by atoms with Gasteiger partial charge in [0.15, 0.2) is 0 Å². The number of aliphatic hydroxyl groups is 1.